The summed E-state index contributed by atoms with van der Waals surface area (Å²) in [4.78, 5) is 25.5. The Labute approximate surface area is 116 Å². The maximum atomic E-state index is 11.8. The lowest BCUT2D eigenvalue weighted by molar-refractivity contribution is 0.0603. The Morgan fingerprint density at radius 1 is 1.37 bits per heavy atom. The Bertz CT molecular complexity index is 484. The average Bonchev–Trinajstić information content (AvgIpc) is 2.73. The number of methoxy groups -OCH3 is 2. The second kappa shape index (κ2) is 6.53. The summed E-state index contributed by atoms with van der Waals surface area (Å²) in [6.45, 7) is 2.50. The van der Waals surface area contributed by atoms with Crippen LogP contribution in [0.3, 0.4) is 0 Å². The molecule has 6 nitrogen and oxygen atoms in total. The largest absolute Gasteiger partial charge is 0.465 e. The van der Waals surface area contributed by atoms with Crippen molar-refractivity contribution >= 4 is 33.8 Å². The van der Waals surface area contributed by atoms with Gasteiger partial charge in [-0.05, 0) is 0 Å². The molecular formula is C12H18N2O4S. The molecule has 0 saturated heterocycles. The van der Waals surface area contributed by atoms with E-state index < -0.39 is 5.97 Å². The fourth-order valence-corrected chi connectivity index (χ4v) is 2.68. The minimum Gasteiger partial charge on any atom is -0.465 e. The topological polar surface area (TPSA) is 81.9 Å². The van der Waals surface area contributed by atoms with Crippen molar-refractivity contribution < 1.29 is 19.1 Å². The molecule has 1 rings (SSSR count). The third-order valence-corrected chi connectivity index (χ3v) is 4.03. The summed E-state index contributed by atoms with van der Waals surface area (Å²) >= 11 is 1.19. The molecule has 0 bridgehead atoms. The second-order valence-electron chi connectivity index (χ2n) is 3.99. The summed E-state index contributed by atoms with van der Waals surface area (Å²) in [5.41, 5.74) is 6.31. The lowest BCUT2D eigenvalue weighted by Gasteiger charge is -2.18. The van der Waals surface area contributed by atoms with E-state index in [0.29, 0.717) is 23.0 Å². The summed E-state index contributed by atoms with van der Waals surface area (Å²) in [5, 5.41) is 0.617. The zero-order valence-corrected chi connectivity index (χ0v) is 12.3. The number of ketones is 1. The molecular weight excluding hydrogens is 268 g/mol. The van der Waals surface area contributed by atoms with E-state index in [1.807, 2.05) is 4.90 Å². The number of Topliss-reactive ketones (excluding diaryl/α,β-unsaturated/α-hetero) is 1. The maximum absolute atomic E-state index is 11.8. The molecule has 0 unspecified atom stereocenters. The van der Waals surface area contributed by atoms with Crippen LogP contribution >= 0.6 is 11.3 Å². The van der Waals surface area contributed by atoms with Gasteiger partial charge in [-0.3, -0.25) is 4.79 Å². The number of carbonyl (C=O) groups excluding carboxylic acids is 2. The third kappa shape index (κ3) is 3.24. The van der Waals surface area contributed by atoms with Crippen LogP contribution in [0.1, 0.15) is 27.0 Å². The molecule has 2 N–H and O–H groups in total. The summed E-state index contributed by atoms with van der Waals surface area (Å²) < 4.78 is 9.72. The van der Waals surface area contributed by atoms with Gasteiger partial charge in [0.15, 0.2) is 5.78 Å². The van der Waals surface area contributed by atoms with E-state index in [-0.39, 0.29) is 17.0 Å². The first-order valence-corrected chi connectivity index (χ1v) is 6.47. The van der Waals surface area contributed by atoms with Crippen LogP contribution in [-0.4, -0.2) is 46.2 Å². The number of ether oxygens (including phenoxy) is 2. The predicted molar refractivity (Wildman–Crippen MR) is 75.2 cm³/mol. The van der Waals surface area contributed by atoms with Gasteiger partial charge < -0.3 is 20.1 Å². The van der Waals surface area contributed by atoms with Crippen molar-refractivity contribution in [3.8, 4) is 0 Å². The highest BCUT2D eigenvalue weighted by Gasteiger charge is 2.26. The molecule has 0 radical (unpaired) electrons. The van der Waals surface area contributed by atoms with E-state index in [4.69, 9.17) is 15.2 Å². The normalized spacial score (nSPS) is 10.3. The van der Waals surface area contributed by atoms with Crippen LogP contribution in [0.25, 0.3) is 0 Å². The van der Waals surface area contributed by atoms with Crippen LogP contribution in [0.5, 0.6) is 0 Å². The van der Waals surface area contributed by atoms with Crippen molar-refractivity contribution in [1.29, 1.82) is 0 Å². The highest BCUT2D eigenvalue weighted by atomic mass is 32.1. The highest BCUT2D eigenvalue weighted by molar-refractivity contribution is 7.19. The third-order valence-electron chi connectivity index (χ3n) is 2.61. The molecule has 0 aliphatic carbocycles. The lowest BCUT2D eigenvalue weighted by Crippen LogP contribution is -2.23. The monoisotopic (exact) mass is 286 g/mol. The fourth-order valence-electron chi connectivity index (χ4n) is 1.59. The molecule has 106 valence electrons. The zero-order valence-electron chi connectivity index (χ0n) is 11.5. The molecule has 0 aliphatic heterocycles. The SMILES string of the molecule is COCCN(C)c1sc(C(C)=O)c(N)c1C(=O)OC. The zero-order chi connectivity index (χ0) is 14.6. The lowest BCUT2D eigenvalue weighted by atomic mass is 10.2. The number of hydrogen-bond donors (Lipinski definition) is 1. The number of hydrogen-bond acceptors (Lipinski definition) is 7. The second-order valence-corrected chi connectivity index (χ2v) is 4.99. The van der Waals surface area contributed by atoms with Gasteiger partial charge in [-0.1, -0.05) is 0 Å². The molecule has 19 heavy (non-hydrogen) atoms. The summed E-state index contributed by atoms with van der Waals surface area (Å²) in [6.07, 6.45) is 0. The molecule has 0 fully saturated rings. The Balaban J connectivity index is 3.24. The maximum Gasteiger partial charge on any atom is 0.343 e. The van der Waals surface area contributed by atoms with Crippen LogP contribution in [0.2, 0.25) is 0 Å². The van der Waals surface area contributed by atoms with Gasteiger partial charge >= 0.3 is 5.97 Å². The summed E-state index contributed by atoms with van der Waals surface area (Å²) in [7, 11) is 4.69. The number of esters is 1. The van der Waals surface area contributed by atoms with Crippen LogP contribution in [-0.2, 0) is 9.47 Å². The number of thiophene rings is 1. The van der Waals surface area contributed by atoms with Crippen molar-refractivity contribution in [2.45, 2.75) is 6.92 Å². The number of nitrogens with zero attached hydrogens (tertiary/aromatic N) is 1. The predicted octanol–water partition coefficient (Wildman–Crippen LogP) is 1.40. The first-order valence-electron chi connectivity index (χ1n) is 5.65. The quantitative estimate of drug-likeness (QED) is 0.629. The number of rotatable bonds is 6. The number of carbonyl (C=O) groups is 2. The molecule has 0 saturated carbocycles. The first kappa shape index (κ1) is 15.5. The molecule has 0 aromatic carbocycles. The van der Waals surface area contributed by atoms with E-state index in [0.717, 1.165) is 0 Å². The van der Waals surface area contributed by atoms with Crippen molar-refractivity contribution in [2.24, 2.45) is 0 Å². The number of nitrogen functional groups attached to an aromatic ring is 1. The van der Waals surface area contributed by atoms with E-state index in [2.05, 4.69) is 0 Å². The van der Waals surface area contributed by atoms with Crippen LogP contribution in [0, 0.1) is 0 Å². The van der Waals surface area contributed by atoms with Gasteiger partial charge in [0.25, 0.3) is 0 Å². The smallest absolute Gasteiger partial charge is 0.343 e. The summed E-state index contributed by atoms with van der Waals surface area (Å²) in [5.74, 6) is -0.709. The van der Waals surface area contributed by atoms with Crippen LogP contribution in [0.15, 0.2) is 0 Å². The van der Waals surface area contributed by atoms with Crippen molar-refractivity contribution in [1.82, 2.24) is 0 Å². The average molecular weight is 286 g/mol. The number of likely N-dealkylation sites (N-methyl/N-ethyl adjacent to an activating group) is 1. The van der Waals surface area contributed by atoms with Crippen molar-refractivity contribution in [3.05, 3.63) is 10.4 Å². The summed E-state index contributed by atoms with van der Waals surface area (Å²) in [6, 6.07) is 0. The van der Waals surface area contributed by atoms with E-state index in [1.54, 1.807) is 14.2 Å². The van der Waals surface area contributed by atoms with Crippen molar-refractivity contribution in [3.63, 3.8) is 0 Å². The van der Waals surface area contributed by atoms with Gasteiger partial charge in [-0.15, -0.1) is 11.3 Å². The molecule has 7 heteroatoms. The van der Waals surface area contributed by atoms with Crippen LogP contribution < -0.4 is 10.6 Å². The Kier molecular flexibility index (Phi) is 5.31. The molecule has 1 heterocycles. The van der Waals surface area contributed by atoms with Gasteiger partial charge in [0, 0.05) is 27.6 Å². The van der Waals surface area contributed by atoms with Gasteiger partial charge in [-0.25, -0.2) is 4.79 Å². The van der Waals surface area contributed by atoms with Crippen molar-refractivity contribution in [2.75, 3.05) is 45.1 Å². The minimum absolute atomic E-state index is 0.168. The highest BCUT2D eigenvalue weighted by Crippen LogP contribution is 2.38. The van der Waals surface area contributed by atoms with Gasteiger partial charge in [-0.2, -0.15) is 0 Å². The van der Waals surface area contributed by atoms with Gasteiger partial charge in [0.05, 0.1) is 24.3 Å². The Morgan fingerprint density at radius 2 is 2.00 bits per heavy atom. The fraction of sp³-hybridized carbons (Fsp3) is 0.500. The molecule has 0 amide bonds. The van der Waals surface area contributed by atoms with Crippen LogP contribution in [0.4, 0.5) is 10.7 Å². The molecule has 0 spiro atoms. The number of nitrogens with two attached hydrogens (primary N) is 1. The Morgan fingerprint density at radius 3 is 2.47 bits per heavy atom. The molecule has 1 aromatic heterocycles. The van der Waals surface area contributed by atoms with E-state index >= 15 is 0 Å². The first-order chi connectivity index (χ1) is 8.93. The minimum atomic E-state index is -0.541. The van der Waals surface area contributed by atoms with E-state index in [1.165, 1.54) is 25.4 Å². The van der Waals surface area contributed by atoms with Gasteiger partial charge in [0.2, 0.25) is 0 Å². The number of anilines is 2. The Hall–Kier alpha value is -1.60. The molecule has 0 atom stereocenters. The van der Waals surface area contributed by atoms with E-state index in [9.17, 15) is 9.59 Å². The van der Waals surface area contributed by atoms with Gasteiger partial charge in [0.1, 0.15) is 10.6 Å². The molecule has 0 aliphatic rings. The molecule has 1 aromatic rings. The standard InChI is InChI=1S/C12H18N2O4S/c1-7(15)10-9(13)8(12(16)18-4)11(19-10)14(2)5-6-17-3/h5-6,13H2,1-4H3.